The van der Waals surface area contributed by atoms with Crippen LogP contribution in [0.2, 0.25) is 5.02 Å². The predicted octanol–water partition coefficient (Wildman–Crippen LogP) is 4.99. The van der Waals surface area contributed by atoms with Crippen LogP contribution < -0.4 is 0 Å². The second-order valence-electron chi connectivity index (χ2n) is 5.33. The molecule has 3 heteroatoms. The highest BCUT2D eigenvalue weighted by atomic mass is 35.5. The van der Waals surface area contributed by atoms with Crippen molar-refractivity contribution >= 4 is 11.6 Å². The Morgan fingerprint density at radius 1 is 1.25 bits per heavy atom. The highest BCUT2D eigenvalue weighted by molar-refractivity contribution is 6.33. The maximum absolute atomic E-state index is 6.32. The quantitative estimate of drug-likeness (QED) is 0.790. The lowest BCUT2D eigenvalue weighted by molar-refractivity contribution is 0.120. The van der Waals surface area contributed by atoms with E-state index in [1.807, 2.05) is 30.5 Å². The van der Waals surface area contributed by atoms with Crippen molar-refractivity contribution in [2.45, 2.75) is 31.8 Å². The fourth-order valence-electron chi connectivity index (χ4n) is 2.46. The lowest BCUT2D eigenvalue weighted by Gasteiger charge is -2.17. The molecule has 1 heterocycles. The van der Waals surface area contributed by atoms with Crippen LogP contribution in [-0.2, 0) is 4.74 Å². The minimum atomic E-state index is 0.0294. The Labute approximate surface area is 124 Å². The lowest BCUT2D eigenvalue weighted by Crippen LogP contribution is -2.02. The van der Waals surface area contributed by atoms with Crippen molar-refractivity contribution in [2.24, 2.45) is 0 Å². The van der Waals surface area contributed by atoms with Gasteiger partial charge in [-0.2, -0.15) is 0 Å². The molecule has 104 valence electrons. The molecule has 20 heavy (non-hydrogen) atoms. The van der Waals surface area contributed by atoms with E-state index in [2.05, 4.69) is 18.0 Å². The maximum atomic E-state index is 6.32. The average molecular weight is 288 g/mol. The molecule has 1 aliphatic carbocycles. The topological polar surface area (TPSA) is 22.1 Å². The summed E-state index contributed by atoms with van der Waals surface area (Å²) >= 11 is 6.32. The second-order valence-corrected chi connectivity index (χ2v) is 5.74. The summed E-state index contributed by atoms with van der Waals surface area (Å²) in [5.74, 6) is 0.637. The van der Waals surface area contributed by atoms with Gasteiger partial charge in [-0.3, -0.25) is 4.98 Å². The van der Waals surface area contributed by atoms with Gasteiger partial charge in [0.15, 0.2) is 0 Å². The van der Waals surface area contributed by atoms with E-state index in [4.69, 9.17) is 16.3 Å². The molecular weight excluding hydrogens is 270 g/mol. The maximum Gasteiger partial charge on any atom is 0.0800 e. The van der Waals surface area contributed by atoms with E-state index < -0.39 is 0 Å². The van der Waals surface area contributed by atoms with Crippen molar-refractivity contribution < 1.29 is 4.74 Å². The van der Waals surface area contributed by atoms with Crippen LogP contribution in [0.3, 0.4) is 0 Å². The van der Waals surface area contributed by atoms with Gasteiger partial charge in [0.2, 0.25) is 0 Å². The first-order valence-electron chi connectivity index (χ1n) is 6.98. The van der Waals surface area contributed by atoms with Gasteiger partial charge in [-0.25, -0.2) is 0 Å². The largest absolute Gasteiger partial charge is 0.377 e. The summed E-state index contributed by atoms with van der Waals surface area (Å²) in [6, 6.07) is 10.1. The second kappa shape index (κ2) is 5.55. The van der Waals surface area contributed by atoms with E-state index in [0.29, 0.717) is 5.92 Å². The lowest BCUT2D eigenvalue weighted by atomic mass is 9.97. The van der Waals surface area contributed by atoms with Crippen LogP contribution in [0.1, 0.15) is 43.0 Å². The van der Waals surface area contributed by atoms with E-state index >= 15 is 0 Å². The Bertz CT molecular complexity index is 622. The molecule has 1 aromatic heterocycles. The first-order chi connectivity index (χ1) is 9.70. The Hall–Kier alpha value is -1.38. The average Bonchev–Trinajstić information content (AvgIpc) is 3.31. The van der Waals surface area contributed by atoms with Gasteiger partial charge < -0.3 is 4.74 Å². The fraction of sp³-hybridized carbons (Fsp3) is 0.353. The molecule has 0 saturated heterocycles. The Balaban J connectivity index is 2.11. The summed E-state index contributed by atoms with van der Waals surface area (Å²) < 4.78 is 5.52. The van der Waals surface area contributed by atoms with E-state index in [-0.39, 0.29) is 6.10 Å². The number of hydrogen-bond acceptors (Lipinski definition) is 2. The first-order valence-corrected chi connectivity index (χ1v) is 7.36. The molecule has 0 bridgehead atoms. The number of halogens is 1. The third-order valence-corrected chi connectivity index (χ3v) is 4.24. The standard InChI is InChI=1S/C17H18ClNO/c1-11(20-2)14-9-17(12-7-8-12)19-10-15(14)13-5-3-4-6-16(13)18/h3-6,9-12H,7-8H2,1-2H3. The summed E-state index contributed by atoms with van der Waals surface area (Å²) in [5.41, 5.74) is 4.43. The molecule has 1 aromatic carbocycles. The van der Waals surface area contributed by atoms with Crippen molar-refractivity contribution in [2.75, 3.05) is 7.11 Å². The molecule has 0 aliphatic heterocycles. The summed E-state index contributed by atoms with van der Waals surface area (Å²) in [5, 5.41) is 0.748. The molecular formula is C17H18ClNO. The zero-order valence-corrected chi connectivity index (χ0v) is 12.5. The van der Waals surface area contributed by atoms with E-state index in [1.54, 1.807) is 7.11 Å². The van der Waals surface area contributed by atoms with Crippen molar-refractivity contribution in [1.82, 2.24) is 4.98 Å². The Morgan fingerprint density at radius 2 is 2.00 bits per heavy atom. The van der Waals surface area contributed by atoms with Gasteiger partial charge in [-0.15, -0.1) is 0 Å². The van der Waals surface area contributed by atoms with Crippen molar-refractivity contribution in [3.63, 3.8) is 0 Å². The highest BCUT2D eigenvalue weighted by Crippen LogP contribution is 2.42. The smallest absolute Gasteiger partial charge is 0.0800 e. The molecule has 0 spiro atoms. The summed E-state index contributed by atoms with van der Waals surface area (Å²) in [6.07, 6.45) is 4.47. The normalized spacial score (nSPS) is 16.1. The van der Waals surface area contributed by atoms with Gasteiger partial charge >= 0.3 is 0 Å². The van der Waals surface area contributed by atoms with Crippen molar-refractivity contribution in [3.05, 3.63) is 52.8 Å². The summed E-state index contributed by atoms with van der Waals surface area (Å²) in [6.45, 7) is 2.06. The van der Waals surface area contributed by atoms with Crippen LogP contribution in [0.25, 0.3) is 11.1 Å². The highest BCUT2D eigenvalue weighted by Gasteiger charge is 2.26. The monoisotopic (exact) mass is 287 g/mol. The summed E-state index contributed by atoms with van der Waals surface area (Å²) in [7, 11) is 1.73. The van der Waals surface area contributed by atoms with Crippen LogP contribution >= 0.6 is 11.6 Å². The van der Waals surface area contributed by atoms with Crippen molar-refractivity contribution in [3.8, 4) is 11.1 Å². The minimum absolute atomic E-state index is 0.0294. The zero-order valence-electron chi connectivity index (χ0n) is 11.8. The number of pyridine rings is 1. The molecule has 3 rings (SSSR count). The number of methoxy groups -OCH3 is 1. The minimum Gasteiger partial charge on any atom is -0.377 e. The van der Waals surface area contributed by atoms with E-state index in [1.165, 1.54) is 18.5 Å². The molecule has 2 aromatic rings. The Kier molecular flexibility index (Phi) is 3.77. The van der Waals surface area contributed by atoms with Crippen LogP contribution in [0.5, 0.6) is 0 Å². The van der Waals surface area contributed by atoms with Crippen LogP contribution in [-0.4, -0.2) is 12.1 Å². The van der Waals surface area contributed by atoms with Crippen molar-refractivity contribution in [1.29, 1.82) is 0 Å². The number of rotatable bonds is 4. The van der Waals surface area contributed by atoms with Gasteiger partial charge in [-0.05, 0) is 37.5 Å². The number of nitrogens with zero attached hydrogens (tertiary/aromatic N) is 1. The molecule has 1 aliphatic rings. The van der Waals surface area contributed by atoms with Crippen LogP contribution in [0.4, 0.5) is 0 Å². The third-order valence-electron chi connectivity index (χ3n) is 3.91. The first kappa shape index (κ1) is 13.6. The van der Waals surface area contributed by atoms with E-state index in [0.717, 1.165) is 21.7 Å². The van der Waals surface area contributed by atoms with Gasteiger partial charge in [0.25, 0.3) is 0 Å². The fourth-order valence-corrected chi connectivity index (χ4v) is 2.70. The zero-order chi connectivity index (χ0) is 14.1. The number of benzene rings is 1. The van der Waals surface area contributed by atoms with Gasteiger partial charge in [0, 0.05) is 41.1 Å². The third kappa shape index (κ3) is 2.58. The number of aromatic nitrogens is 1. The molecule has 1 saturated carbocycles. The van der Waals surface area contributed by atoms with Gasteiger partial charge in [-0.1, -0.05) is 29.8 Å². The molecule has 0 amide bonds. The molecule has 0 radical (unpaired) electrons. The molecule has 0 N–H and O–H groups in total. The van der Waals surface area contributed by atoms with Crippen LogP contribution in [0.15, 0.2) is 36.5 Å². The van der Waals surface area contributed by atoms with E-state index in [9.17, 15) is 0 Å². The number of ether oxygens (including phenoxy) is 1. The SMILES string of the molecule is COC(C)c1cc(C2CC2)ncc1-c1ccccc1Cl. The molecule has 1 atom stereocenters. The molecule has 2 nitrogen and oxygen atoms in total. The van der Waals surface area contributed by atoms with Gasteiger partial charge in [0.1, 0.15) is 0 Å². The van der Waals surface area contributed by atoms with Crippen LogP contribution in [0, 0.1) is 0 Å². The predicted molar refractivity (Wildman–Crippen MR) is 82.1 cm³/mol. The van der Waals surface area contributed by atoms with Gasteiger partial charge in [0.05, 0.1) is 6.10 Å². The molecule has 1 unspecified atom stereocenters. The Morgan fingerprint density at radius 3 is 2.65 bits per heavy atom. The molecule has 1 fully saturated rings. The number of hydrogen-bond donors (Lipinski definition) is 0. The summed E-state index contributed by atoms with van der Waals surface area (Å²) in [4.78, 5) is 4.62.